The standard InChI is InChI=1S/C25H32N4O3S/c1-18(2)16-29-20(4)24(19(3)27-29)15-25(30)26-22-11-13-23(14-12-22)33(31,32)28(5)17-21-9-7-6-8-10-21/h6-14,18H,15-17H2,1-5H3,(H,26,30). The summed E-state index contributed by atoms with van der Waals surface area (Å²) in [5.41, 5.74) is 4.24. The summed E-state index contributed by atoms with van der Waals surface area (Å²) < 4.78 is 29.1. The highest BCUT2D eigenvalue weighted by Gasteiger charge is 2.21. The number of hydrogen-bond donors (Lipinski definition) is 1. The summed E-state index contributed by atoms with van der Waals surface area (Å²) in [6, 6.07) is 15.7. The third kappa shape index (κ3) is 6.09. The van der Waals surface area contributed by atoms with Crippen LogP contribution in [0.3, 0.4) is 0 Å². The Balaban J connectivity index is 1.66. The van der Waals surface area contributed by atoms with Crippen molar-refractivity contribution in [2.45, 2.75) is 52.1 Å². The van der Waals surface area contributed by atoms with Gasteiger partial charge in [0.05, 0.1) is 17.0 Å². The quantitative estimate of drug-likeness (QED) is 0.511. The minimum Gasteiger partial charge on any atom is -0.326 e. The topological polar surface area (TPSA) is 84.3 Å². The first-order valence-electron chi connectivity index (χ1n) is 11.0. The summed E-state index contributed by atoms with van der Waals surface area (Å²) >= 11 is 0. The van der Waals surface area contributed by atoms with Crippen molar-refractivity contribution in [2.75, 3.05) is 12.4 Å². The molecule has 3 rings (SSSR count). The van der Waals surface area contributed by atoms with E-state index in [4.69, 9.17) is 0 Å². The number of benzene rings is 2. The van der Waals surface area contributed by atoms with Crippen molar-refractivity contribution < 1.29 is 13.2 Å². The number of amides is 1. The molecule has 1 amide bonds. The average Bonchev–Trinajstić information content (AvgIpc) is 3.01. The van der Waals surface area contributed by atoms with E-state index in [1.165, 1.54) is 16.4 Å². The Morgan fingerprint density at radius 3 is 2.30 bits per heavy atom. The maximum Gasteiger partial charge on any atom is 0.243 e. The van der Waals surface area contributed by atoms with Gasteiger partial charge in [0.25, 0.3) is 0 Å². The first-order chi connectivity index (χ1) is 15.6. The molecule has 0 saturated heterocycles. The van der Waals surface area contributed by atoms with Crippen molar-refractivity contribution in [2.24, 2.45) is 5.92 Å². The van der Waals surface area contributed by atoms with Gasteiger partial charge >= 0.3 is 0 Å². The highest BCUT2D eigenvalue weighted by molar-refractivity contribution is 7.89. The summed E-state index contributed by atoms with van der Waals surface area (Å²) in [5.74, 6) is 0.299. The molecule has 33 heavy (non-hydrogen) atoms. The number of rotatable bonds is 9. The molecule has 0 aliphatic heterocycles. The van der Waals surface area contributed by atoms with Crippen LogP contribution in [0, 0.1) is 19.8 Å². The Bertz CT molecular complexity index is 1200. The van der Waals surface area contributed by atoms with E-state index >= 15 is 0 Å². The van der Waals surface area contributed by atoms with Gasteiger partial charge in [-0.25, -0.2) is 8.42 Å². The highest BCUT2D eigenvalue weighted by Crippen LogP contribution is 2.20. The Morgan fingerprint density at radius 2 is 1.70 bits per heavy atom. The first kappa shape index (κ1) is 24.7. The van der Waals surface area contributed by atoms with E-state index in [0.717, 1.165) is 29.1 Å². The second-order valence-corrected chi connectivity index (χ2v) is 10.8. The maximum absolute atomic E-state index is 12.9. The zero-order valence-electron chi connectivity index (χ0n) is 19.9. The van der Waals surface area contributed by atoms with Gasteiger partial charge in [-0.05, 0) is 49.6 Å². The van der Waals surface area contributed by atoms with Crippen molar-refractivity contribution in [3.8, 4) is 0 Å². The third-order valence-corrected chi connectivity index (χ3v) is 7.32. The van der Waals surface area contributed by atoms with Crippen LogP contribution < -0.4 is 5.32 Å². The SMILES string of the molecule is Cc1nn(CC(C)C)c(C)c1CC(=O)Nc1ccc(S(=O)(=O)N(C)Cc2ccccc2)cc1. The number of carbonyl (C=O) groups excluding carboxylic acids is 1. The molecule has 0 radical (unpaired) electrons. The summed E-state index contributed by atoms with van der Waals surface area (Å²) in [6.07, 6.45) is 0.218. The molecule has 0 bridgehead atoms. The predicted molar refractivity (Wildman–Crippen MR) is 130 cm³/mol. The van der Waals surface area contributed by atoms with Gasteiger partial charge in [0.2, 0.25) is 15.9 Å². The van der Waals surface area contributed by atoms with E-state index in [1.54, 1.807) is 19.2 Å². The first-order valence-corrected chi connectivity index (χ1v) is 12.4. The molecule has 2 aromatic carbocycles. The average molecular weight is 469 g/mol. The van der Waals surface area contributed by atoms with E-state index < -0.39 is 10.0 Å². The number of carbonyl (C=O) groups is 1. The monoisotopic (exact) mass is 468 g/mol. The number of nitrogens with zero attached hydrogens (tertiary/aromatic N) is 3. The molecular weight excluding hydrogens is 436 g/mol. The summed E-state index contributed by atoms with van der Waals surface area (Å²) in [6.45, 7) is 9.25. The predicted octanol–water partition coefficient (Wildman–Crippen LogP) is 4.16. The lowest BCUT2D eigenvalue weighted by Gasteiger charge is -2.17. The van der Waals surface area contributed by atoms with Crippen molar-refractivity contribution in [3.63, 3.8) is 0 Å². The van der Waals surface area contributed by atoms with Gasteiger partial charge in [-0.2, -0.15) is 9.40 Å². The Kier molecular flexibility index (Phi) is 7.71. The van der Waals surface area contributed by atoms with Gasteiger partial charge in [-0.3, -0.25) is 9.48 Å². The molecular formula is C25H32N4O3S. The zero-order chi connectivity index (χ0) is 24.2. The van der Waals surface area contributed by atoms with Gasteiger partial charge < -0.3 is 5.32 Å². The molecule has 0 unspecified atom stereocenters. The molecule has 1 N–H and O–H groups in total. The number of anilines is 1. The second kappa shape index (κ2) is 10.3. The van der Waals surface area contributed by atoms with Gasteiger partial charge in [0, 0.05) is 37.1 Å². The molecule has 0 aliphatic rings. The molecule has 176 valence electrons. The fourth-order valence-electron chi connectivity index (χ4n) is 3.69. The van der Waals surface area contributed by atoms with Crippen LogP contribution in [-0.4, -0.2) is 35.5 Å². The van der Waals surface area contributed by atoms with Gasteiger partial charge in [0.15, 0.2) is 0 Å². The van der Waals surface area contributed by atoms with E-state index in [1.807, 2.05) is 48.9 Å². The molecule has 1 aromatic heterocycles. The lowest BCUT2D eigenvalue weighted by atomic mass is 10.1. The molecule has 3 aromatic rings. The van der Waals surface area contributed by atoms with Gasteiger partial charge in [-0.1, -0.05) is 44.2 Å². The lowest BCUT2D eigenvalue weighted by Crippen LogP contribution is -2.26. The molecule has 0 spiro atoms. The maximum atomic E-state index is 12.9. The van der Waals surface area contributed by atoms with Crippen LogP contribution in [0.25, 0.3) is 0 Å². The van der Waals surface area contributed by atoms with E-state index in [0.29, 0.717) is 11.6 Å². The van der Waals surface area contributed by atoms with Crippen LogP contribution in [0.15, 0.2) is 59.5 Å². The van der Waals surface area contributed by atoms with Gasteiger partial charge in [-0.15, -0.1) is 0 Å². The highest BCUT2D eigenvalue weighted by atomic mass is 32.2. The second-order valence-electron chi connectivity index (χ2n) is 8.72. The molecule has 7 nitrogen and oxygen atoms in total. The minimum atomic E-state index is -3.64. The molecule has 0 aliphatic carbocycles. The van der Waals surface area contributed by atoms with Crippen molar-refractivity contribution >= 4 is 21.6 Å². The van der Waals surface area contributed by atoms with E-state index in [9.17, 15) is 13.2 Å². The van der Waals surface area contributed by atoms with Crippen LogP contribution >= 0.6 is 0 Å². The normalized spacial score (nSPS) is 11.8. The van der Waals surface area contributed by atoms with Gasteiger partial charge in [0.1, 0.15) is 0 Å². The fourth-order valence-corrected chi connectivity index (χ4v) is 4.85. The molecule has 0 fully saturated rings. The van der Waals surface area contributed by atoms with Crippen LogP contribution in [-0.2, 0) is 34.3 Å². The number of aromatic nitrogens is 2. The largest absolute Gasteiger partial charge is 0.326 e. The number of aryl methyl sites for hydroxylation is 1. The van der Waals surface area contributed by atoms with Crippen molar-refractivity contribution in [1.29, 1.82) is 0 Å². The van der Waals surface area contributed by atoms with Crippen molar-refractivity contribution in [1.82, 2.24) is 14.1 Å². The molecule has 8 heteroatoms. The molecule has 1 heterocycles. The van der Waals surface area contributed by atoms with E-state index in [2.05, 4.69) is 24.3 Å². The number of nitrogens with one attached hydrogen (secondary N) is 1. The Morgan fingerprint density at radius 1 is 1.06 bits per heavy atom. The lowest BCUT2D eigenvalue weighted by molar-refractivity contribution is -0.115. The smallest absolute Gasteiger partial charge is 0.243 e. The molecule has 0 saturated carbocycles. The third-order valence-electron chi connectivity index (χ3n) is 5.50. The minimum absolute atomic E-state index is 0.165. The van der Waals surface area contributed by atoms with Crippen LogP contribution in [0.1, 0.15) is 36.4 Å². The fraction of sp³-hybridized carbons (Fsp3) is 0.360. The summed E-state index contributed by atoms with van der Waals surface area (Å²) in [5, 5.41) is 7.42. The Labute approximate surface area is 196 Å². The van der Waals surface area contributed by atoms with Crippen LogP contribution in [0.4, 0.5) is 5.69 Å². The zero-order valence-corrected chi connectivity index (χ0v) is 20.7. The number of hydrogen-bond acceptors (Lipinski definition) is 4. The summed E-state index contributed by atoms with van der Waals surface area (Å²) in [7, 11) is -2.08. The summed E-state index contributed by atoms with van der Waals surface area (Å²) in [4.78, 5) is 12.8. The van der Waals surface area contributed by atoms with Crippen LogP contribution in [0.5, 0.6) is 0 Å². The van der Waals surface area contributed by atoms with Crippen molar-refractivity contribution in [3.05, 3.63) is 77.1 Å². The Hall–Kier alpha value is -2.97. The number of sulfonamides is 1. The molecule has 0 atom stereocenters. The van der Waals surface area contributed by atoms with Crippen LogP contribution in [0.2, 0.25) is 0 Å². The van der Waals surface area contributed by atoms with E-state index in [-0.39, 0.29) is 23.8 Å².